The normalized spacial score (nSPS) is 29.3. The van der Waals surface area contributed by atoms with Gasteiger partial charge in [-0.1, -0.05) is 43.2 Å². The van der Waals surface area contributed by atoms with Gasteiger partial charge in [0, 0.05) is 12.6 Å². The number of nitrogens with one attached hydrogen (secondary N) is 1. The first kappa shape index (κ1) is 14.1. The summed E-state index contributed by atoms with van der Waals surface area (Å²) >= 11 is 0. The van der Waals surface area contributed by atoms with Crippen molar-refractivity contribution < 1.29 is 4.74 Å². The van der Waals surface area contributed by atoms with Crippen LogP contribution in [0.2, 0.25) is 0 Å². The number of benzene rings is 1. The van der Waals surface area contributed by atoms with Gasteiger partial charge in [-0.05, 0) is 50.6 Å². The number of hydrogen-bond donors (Lipinski definition) is 1. The Hall–Kier alpha value is -0.860. The van der Waals surface area contributed by atoms with E-state index in [4.69, 9.17) is 4.74 Å². The van der Waals surface area contributed by atoms with Gasteiger partial charge in [0.15, 0.2) is 0 Å². The van der Waals surface area contributed by atoms with Crippen LogP contribution in [0, 0.1) is 5.92 Å². The Morgan fingerprint density at radius 3 is 2.55 bits per heavy atom. The van der Waals surface area contributed by atoms with E-state index < -0.39 is 0 Å². The third kappa shape index (κ3) is 2.51. The Balaban J connectivity index is 1.74. The minimum absolute atomic E-state index is 0.0949. The van der Waals surface area contributed by atoms with Crippen molar-refractivity contribution in [3.63, 3.8) is 0 Å². The molecular weight excluding hydrogens is 246 g/mol. The van der Waals surface area contributed by atoms with Gasteiger partial charge in [0.1, 0.15) is 0 Å². The van der Waals surface area contributed by atoms with Gasteiger partial charge in [0.2, 0.25) is 0 Å². The predicted octanol–water partition coefficient (Wildman–Crippen LogP) is 3.73. The lowest BCUT2D eigenvalue weighted by Gasteiger charge is -2.38. The average Bonchev–Trinajstić information content (AvgIpc) is 3.12. The van der Waals surface area contributed by atoms with E-state index in [2.05, 4.69) is 49.6 Å². The molecule has 3 atom stereocenters. The maximum Gasteiger partial charge on any atom is 0.0837 e. The van der Waals surface area contributed by atoms with Crippen LogP contribution in [0.5, 0.6) is 0 Å². The molecule has 0 amide bonds. The molecule has 2 aliphatic rings. The van der Waals surface area contributed by atoms with Gasteiger partial charge < -0.3 is 10.1 Å². The van der Waals surface area contributed by atoms with Crippen LogP contribution in [0.4, 0.5) is 0 Å². The Morgan fingerprint density at radius 1 is 1.25 bits per heavy atom. The summed E-state index contributed by atoms with van der Waals surface area (Å²) < 4.78 is 6.27. The molecule has 0 radical (unpaired) electrons. The standard InChI is InChI=1S/C18H27NO/c1-3-20-18(11-7-8-12-18)17(19-2)16-13-15(16)14-9-5-4-6-10-14/h4-6,9-10,15-17,19H,3,7-8,11-13H2,1-2H3. The number of hydrogen-bond acceptors (Lipinski definition) is 2. The fraction of sp³-hybridized carbons (Fsp3) is 0.667. The maximum absolute atomic E-state index is 6.27. The summed E-state index contributed by atoms with van der Waals surface area (Å²) in [4.78, 5) is 0. The van der Waals surface area contributed by atoms with Gasteiger partial charge in [0.25, 0.3) is 0 Å². The summed E-state index contributed by atoms with van der Waals surface area (Å²) in [5, 5.41) is 3.61. The Labute approximate surface area is 122 Å². The Bertz CT molecular complexity index is 424. The molecule has 0 aromatic heterocycles. The molecule has 2 nitrogen and oxygen atoms in total. The molecule has 1 N–H and O–H groups in total. The van der Waals surface area contributed by atoms with Gasteiger partial charge in [-0.15, -0.1) is 0 Å². The number of rotatable bonds is 6. The van der Waals surface area contributed by atoms with Crippen molar-refractivity contribution in [2.24, 2.45) is 5.92 Å². The smallest absolute Gasteiger partial charge is 0.0837 e. The van der Waals surface area contributed by atoms with Crippen molar-refractivity contribution in [3.05, 3.63) is 35.9 Å². The van der Waals surface area contributed by atoms with Crippen molar-refractivity contribution in [1.29, 1.82) is 0 Å². The van der Waals surface area contributed by atoms with Crippen LogP contribution in [0.15, 0.2) is 30.3 Å². The summed E-state index contributed by atoms with van der Waals surface area (Å²) in [7, 11) is 2.12. The fourth-order valence-corrected chi connectivity index (χ4v) is 4.34. The lowest BCUT2D eigenvalue weighted by atomic mass is 9.87. The number of ether oxygens (including phenoxy) is 1. The highest BCUT2D eigenvalue weighted by molar-refractivity contribution is 5.28. The molecule has 2 fully saturated rings. The lowest BCUT2D eigenvalue weighted by Crippen LogP contribution is -2.51. The van der Waals surface area contributed by atoms with Crippen LogP contribution in [-0.2, 0) is 4.74 Å². The summed E-state index contributed by atoms with van der Waals surface area (Å²) in [6.07, 6.45) is 6.40. The van der Waals surface area contributed by atoms with E-state index in [0.717, 1.165) is 18.4 Å². The van der Waals surface area contributed by atoms with E-state index in [1.807, 2.05) is 0 Å². The third-order valence-corrected chi connectivity index (χ3v) is 5.26. The molecule has 3 unspecified atom stereocenters. The first-order valence-corrected chi connectivity index (χ1v) is 8.17. The molecule has 0 spiro atoms. The lowest BCUT2D eigenvalue weighted by molar-refractivity contribution is -0.0654. The van der Waals surface area contributed by atoms with Crippen molar-refractivity contribution in [2.75, 3.05) is 13.7 Å². The molecular formula is C18H27NO. The van der Waals surface area contributed by atoms with Gasteiger partial charge in [-0.3, -0.25) is 0 Å². The molecule has 2 heteroatoms. The molecule has 0 bridgehead atoms. The zero-order chi connectivity index (χ0) is 14.0. The summed E-state index contributed by atoms with van der Waals surface area (Å²) in [5.41, 5.74) is 1.60. The molecule has 3 rings (SSSR count). The van der Waals surface area contributed by atoms with Crippen LogP contribution in [0.3, 0.4) is 0 Å². The molecule has 20 heavy (non-hydrogen) atoms. The Morgan fingerprint density at radius 2 is 1.95 bits per heavy atom. The third-order valence-electron chi connectivity index (χ3n) is 5.26. The molecule has 0 heterocycles. The molecule has 1 aromatic rings. The molecule has 0 saturated heterocycles. The fourth-order valence-electron chi connectivity index (χ4n) is 4.34. The van der Waals surface area contributed by atoms with Crippen LogP contribution in [-0.4, -0.2) is 25.3 Å². The van der Waals surface area contributed by atoms with E-state index in [9.17, 15) is 0 Å². The van der Waals surface area contributed by atoms with Gasteiger partial charge in [0.05, 0.1) is 5.60 Å². The second-order valence-corrected chi connectivity index (χ2v) is 6.39. The Kier molecular flexibility index (Phi) is 4.13. The van der Waals surface area contributed by atoms with Gasteiger partial charge in [-0.25, -0.2) is 0 Å². The summed E-state index contributed by atoms with van der Waals surface area (Å²) in [6, 6.07) is 11.5. The second kappa shape index (κ2) is 5.87. The first-order valence-electron chi connectivity index (χ1n) is 8.17. The molecule has 1 aromatic carbocycles. The molecule has 2 saturated carbocycles. The van der Waals surface area contributed by atoms with Crippen molar-refractivity contribution in [3.8, 4) is 0 Å². The zero-order valence-corrected chi connectivity index (χ0v) is 12.8. The van der Waals surface area contributed by atoms with Crippen molar-refractivity contribution >= 4 is 0 Å². The molecule has 0 aliphatic heterocycles. The topological polar surface area (TPSA) is 21.3 Å². The van der Waals surface area contributed by atoms with Crippen molar-refractivity contribution in [1.82, 2.24) is 5.32 Å². The zero-order valence-electron chi connectivity index (χ0n) is 12.8. The molecule has 110 valence electrons. The highest BCUT2D eigenvalue weighted by Gasteiger charge is 2.53. The second-order valence-electron chi connectivity index (χ2n) is 6.39. The largest absolute Gasteiger partial charge is 0.374 e. The predicted molar refractivity (Wildman–Crippen MR) is 83.0 cm³/mol. The quantitative estimate of drug-likeness (QED) is 0.853. The maximum atomic E-state index is 6.27. The summed E-state index contributed by atoms with van der Waals surface area (Å²) in [6.45, 7) is 2.97. The highest BCUT2D eigenvalue weighted by Crippen LogP contribution is 2.54. The monoisotopic (exact) mass is 273 g/mol. The first-order chi connectivity index (χ1) is 9.80. The highest BCUT2D eigenvalue weighted by atomic mass is 16.5. The van der Waals surface area contributed by atoms with E-state index in [1.165, 1.54) is 37.7 Å². The van der Waals surface area contributed by atoms with Crippen LogP contribution in [0.25, 0.3) is 0 Å². The minimum atomic E-state index is 0.0949. The van der Waals surface area contributed by atoms with E-state index in [0.29, 0.717) is 6.04 Å². The van der Waals surface area contributed by atoms with Gasteiger partial charge in [-0.2, -0.15) is 0 Å². The number of likely N-dealkylation sites (N-methyl/N-ethyl adjacent to an activating group) is 1. The van der Waals surface area contributed by atoms with Crippen LogP contribution < -0.4 is 5.32 Å². The average molecular weight is 273 g/mol. The molecule has 2 aliphatic carbocycles. The van der Waals surface area contributed by atoms with E-state index in [-0.39, 0.29) is 5.60 Å². The SMILES string of the molecule is CCOC1(C(NC)C2CC2c2ccccc2)CCCC1. The minimum Gasteiger partial charge on any atom is -0.374 e. The van der Waals surface area contributed by atoms with Gasteiger partial charge >= 0.3 is 0 Å². The summed E-state index contributed by atoms with van der Waals surface area (Å²) in [5.74, 6) is 1.47. The van der Waals surface area contributed by atoms with Crippen LogP contribution in [0.1, 0.15) is 50.5 Å². The van der Waals surface area contributed by atoms with E-state index >= 15 is 0 Å². The van der Waals surface area contributed by atoms with Crippen LogP contribution >= 0.6 is 0 Å². The van der Waals surface area contributed by atoms with Crippen molar-refractivity contribution in [2.45, 2.75) is 56.6 Å². The van der Waals surface area contributed by atoms with E-state index in [1.54, 1.807) is 0 Å².